The van der Waals surface area contributed by atoms with E-state index in [-0.39, 0.29) is 0 Å². The number of aromatic nitrogens is 2. The van der Waals surface area contributed by atoms with Gasteiger partial charge in [0.2, 0.25) is 0 Å². The molecule has 4 heteroatoms. The van der Waals surface area contributed by atoms with E-state index in [0.717, 1.165) is 18.6 Å². The molecule has 0 spiro atoms. The van der Waals surface area contributed by atoms with Crippen LogP contribution < -0.4 is 5.73 Å². The van der Waals surface area contributed by atoms with Crippen LogP contribution in [0.4, 0.5) is 0 Å². The highest BCUT2D eigenvalue weighted by molar-refractivity contribution is 7.99. The highest BCUT2D eigenvalue weighted by atomic mass is 32.2. The maximum absolute atomic E-state index is 6.07. The average molecular weight is 225 g/mol. The summed E-state index contributed by atoms with van der Waals surface area (Å²) in [6, 6.07) is 2.59. The van der Waals surface area contributed by atoms with E-state index < -0.39 is 0 Å². The van der Waals surface area contributed by atoms with Gasteiger partial charge in [0.15, 0.2) is 0 Å². The van der Waals surface area contributed by atoms with E-state index >= 15 is 0 Å². The number of nitrogens with zero attached hydrogens (tertiary/aromatic N) is 2. The molecule has 0 aromatic carbocycles. The molecule has 0 amide bonds. The summed E-state index contributed by atoms with van der Waals surface area (Å²) in [6.07, 6.45) is 2.09. The molecule has 84 valence electrons. The Morgan fingerprint density at radius 3 is 2.93 bits per heavy atom. The molecular weight excluding hydrogens is 206 g/mol. The zero-order chi connectivity index (χ0) is 10.8. The molecule has 1 fully saturated rings. The highest BCUT2D eigenvalue weighted by Gasteiger charge is 2.25. The zero-order valence-corrected chi connectivity index (χ0v) is 10.3. The fourth-order valence-electron chi connectivity index (χ4n) is 2.03. The summed E-state index contributed by atoms with van der Waals surface area (Å²) in [4.78, 5) is 0. The summed E-state index contributed by atoms with van der Waals surface area (Å²) in [7, 11) is 2.03. The number of nitrogens with two attached hydrogens (primary N) is 1. The second kappa shape index (κ2) is 4.58. The Hall–Kier alpha value is -0.480. The first-order valence-corrected chi connectivity index (χ1v) is 6.71. The summed E-state index contributed by atoms with van der Waals surface area (Å²) in [5.41, 5.74) is 8.58. The SMILES string of the molecule is CCc1cc(CC2CSCC2N)n(C)n1. The van der Waals surface area contributed by atoms with Gasteiger partial charge in [-0.1, -0.05) is 6.92 Å². The van der Waals surface area contributed by atoms with Gasteiger partial charge in [0.05, 0.1) is 5.69 Å². The van der Waals surface area contributed by atoms with Gasteiger partial charge in [0.1, 0.15) is 0 Å². The van der Waals surface area contributed by atoms with Gasteiger partial charge in [-0.3, -0.25) is 4.68 Å². The molecule has 1 aliphatic heterocycles. The van der Waals surface area contributed by atoms with Crippen LogP contribution in [0.1, 0.15) is 18.3 Å². The first kappa shape index (κ1) is 11.0. The lowest BCUT2D eigenvalue weighted by molar-refractivity contribution is 0.496. The summed E-state index contributed by atoms with van der Waals surface area (Å²) < 4.78 is 2.01. The third-order valence-corrected chi connectivity index (χ3v) is 4.39. The van der Waals surface area contributed by atoms with Crippen molar-refractivity contribution in [2.24, 2.45) is 18.7 Å². The first-order chi connectivity index (χ1) is 7.20. The topological polar surface area (TPSA) is 43.8 Å². The highest BCUT2D eigenvalue weighted by Crippen LogP contribution is 2.26. The van der Waals surface area contributed by atoms with Crippen LogP contribution in [0.2, 0.25) is 0 Å². The minimum absolute atomic E-state index is 0.370. The van der Waals surface area contributed by atoms with Gasteiger partial charge in [0.25, 0.3) is 0 Å². The lowest BCUT2D eigenvalue weighted by Crippen LogP contribution is -2.30. The third-order valence-electron chi connectivity index (χ3n) is 3.11. The average Bonchev–Trinajstić information content (AvgIpc) is 2.76. The molecule has 2 N–H and O–H groups in total. The molecule has 3 nitrogen and oxygen atoms in total. The van der Waals surface area contributed by atoms with E-state index in [1.165, 1.54) is 17.1 Å². The molecule has 1 aromatic heterocycles. The van der Waals surface area contributed by atoms with Gasteiger partial charge in [-0.2, -0.15) is 16.9 Å². The zero-order valence-electron chi connectivity index (χ0n) is 9.44. The molecule has 2 atom stereocenters. The summed E-state index contributed by atoms with van der Waals surface area (Å²) in [5.74, 6) is 2.95. The van der Waals surface area contributed by atoms with Crippen molar-refractivity contribution in [2.45, 2.75) is 25.8 Å². The molecule has 1 saturated heterocycles. The van der Waals surface area contributed by atoms with Crippen LogP contribution in [0.3, 0.4) is 0 Å². The quantitative estimate of drug-likeness (QED) is 0.841. The smallest absolute Gasteiger partial charge is 0.0624 e. The molecule has 15 heavy (non-hydrogen) atoms. The van der Waals surface area contributed by atoms with Crippen molar-refractivity contribution in [3.05, 3.63) is 17.5 Å². The largest absolute Gasteiger partial charge is 0.327 e. The van der Waals surface area contributed by atoms with Gasteiger partial charge in [-0.05, 0) is 30.6 Å². The van der Waals surface area contributed by atoms with Crippen LogP contribution in [-0.4, -0.2) is 27.3 Å². The molecule has 1 aromatic rings. The van der Waals surface area contributed by atoms with Crippen molar-refractivity contribution >= 4 is 11.8 Å². The molecule has 1 aliphatic rings. The van der Waals surface area contributed by atoms with Crippen molar-refractivity contribution in [1.82, 2.24) is 9.78 Å². The van der Waals surface area contributed by atoms with Crippen molar-refractivity contribution in [3.8, 4) is 0 Å². The van der Waals surface area contributed by atoms with Crippen molar-refractivity contribution in [1.29, 1.82) is 0 Å². The Balaban J connectivity index is 2.06. The maximum atomic E-state index is 6.07. The summed E-state index contributed by atoms with van der Waals surface area (Å²) >= 11 is 1.97. The molecule has 0 radical (unpaired) electrons. The maximum Gasteiger partial charge on any atom is 0.0624 e. The molecule has 2 unspecified atom stereocenters. The molecule has 0 saturated carbocycles. The Morgan fingerprint density at radius 2 is 2.40 bits per heavy atom. The van der Waals surface area contributed by atoms with Crippen molar-refractivity contribution < 1.29 is 0 Å². The van der Waals surface area contributed by atoms with Crippen LogP contribution in [0.25, 0.3) is 0 Å². The first-order valence-electron chi connectivity index (χ1n) is 5.55. The Labute approximate surface area is 95.4 Å². The minimum Gasteiger partial charge on any atom is -0.327 e. The molecular formula is C11H19N3S. The predicted molar refractivity (Wildman–Crippen MR) is 65.1 cm³/mol. The fourth-order valence-corrected chi connectivity index (χ4v) is 3.38. The Morgan fingerprint density at radius 1 is 1.60 bits per heavy atom. The van der Waals surface area contributed by atoms with E-state index in [1.807, 2.05) is 23.5 Å². The van der Waals surface area contributed by atoms with Gasteiger partial charge in [0, 0.05) is 24.5 Å². The van der Waals surface area contributed by atoms with Crippen molar-refractivity contribution in [3.63, 3.8) is 0 Å². The van der Waals surface area contributed by atoms with Crippen LogP contribution in [0.15, 0.2) is 6.07 Å². The lowest BCUT2D eigenvalue weighted by atomic mass is 9.98. The van der Waals surface area contributed by atoms with E-state index in [0.29, 0.717) is 12.0 Å². The van der Waals surface area contributed by atoms with E-state index in [1.54, 1.807) is 0 Å². The van der Waals surface area contributed by atoms with E-state index in [2.05, 4.69) is 18.1 Å². The fraction of sp³-hybridized carbons (Fsp3) is 0.727. The second-order valence-corrected chi connectivity index (χ2v) is 5.34. The number of hydrogen-bond donors (Lipinski definition) is 1. The normalized spacial score (nSPS) is 26.1. The number of rotatable bonds is 3. The van der Waals surface area contributed by atoms with Crippen molar-refractivity contribution in [2.75, 3.05) is 11.5 Å². The number of hydrogen-bond acceptors (Lipinski definition) is 3. The molecule has 0 bridgehead atoms. The van der Waals surface area contributed by atoms with E-state index in [9.17, 15) is 0 Å². The van der Waals surface area contributed by atoms with Gasteiger partial charge in [-0.25, -0.2) is 0 Å². The van der Waals surface area contributed by atoms with Gasteiger partial charge in [-0.15, -0.1) is 0 Å². The summed E-state index contributed by atoms with van der Waals surface area (Å²) in [6.45, 7) is 2.14. The summed E-state index contributed by atoms with van der Waals surface area (Å²) in [5, 5.41) is 4.47. The number of thioether (sulfide) groups is 1. The minimum atomic E-state index is 0.370. The van der Waals surface area contributed by atoms with Crippen LogP contribution in [-0.2, 0) is 19.9 Å². The second-order valence-electron chi connectivity index (χ2n) is 4.27. The van der Waals surface area contributed by atoms with Gasteiger partial charge < -0.3 is 5.73 Å². The lowest BCUT2D eigenvalue weighted by Gasteiger charge is -2.13. The van der Waals surface area contributed by atoms with Crippen LogP contribution in [0, 0.1) is 5.92 Å². The van der Waals surface area contributed by atoms with Crippen LogP contribution in [0.5, 0.6) is 0 Å². The third kappa shape index (κ3) is 2.37. The van der Waals surface area contributed by atoms with Gasteiger partial charge >= 0.3 is 0 Å². The Bertz CT molecular complexity index is 335. The molecule has 2 heterocycles. The van der Waals surface area contributed by atoms with E-state index in [4.69, 9.17) is 5.73 Å². The standard InChI is InChI=1S/C11H19N3S/c1-3-9-5-10(14(2)13-9)4-8-6-15-7-11(8)12/h5,8,11H,3-4,6-7,12H2,1-2H3. The molecule has 0 aliphatic carbocycles. The van der Waals surface area contributed by atoms with Crippen LogP contribution >= 0.6 is 11.8 Å². The molecule has 2 rings (SSSR count). The predicted octanol–water partition coefficient (Wildman–Crippen LogP) is 1.22. The monoisotopic (exact) mass is 225 g/mol. The Kier molecular flexibility index (Phi) is 3.36. The number of aryl methyl sites for hydroxylation is 2.